The molecule has 2 aromatic heterocycles. The maximum Gasteiger partial charge on any atom is 0.235 e. The summed E-state index contributed by atoms with van der Waals surface area (Å²) in [4.78, 5) is 14.7. The molecule has 1 amide bonds. The van der Waals surface area contributed by atoms with Crippen LogP contribution < -0.4 is 0 Å². The molecule has 146 valence electrons. The summed E-state index contributed by atoms with van der Waals surface area (Å²) >= 11 is 1.47. The molecule has 0 N–H and O–H groups in total. The number of nitrogens with zero attached hydrogens (tertiary/aromatic N) is 4. The number of aromatic nitrogens is 3. The van der Waals surface area contributed by atoms with Crippen molar-refractivity contribution in [3.8, 4) is 0 Å². The maximum absolute atomic E-state index is 12.7. The van der Waals surface area contributed by atoms with Crippen LogP contribution in [0.5, 0.6) is 0 Å². The number of carbonyl (C=O) groups is 1. The summed E-state index contributed by atoms with van der Waals surface area (Å²) < 4.78 is 7.60. The third-order valence-electron chi connectivity index (χ3n) is 4.94. The van der Waals surface area contributed by atoms with Gasteiger partial charge in [-0.3, -0.25) is 9.36 Å². The van der Waals surface area contributed by atoms with Crippen LogP contribution in [0.3, 0.4) is 0 Å². The molecule has 1 unspecified atom stereocenters. The number of furan rings is 1. The van der Waals surface area contributed by atoms with Gasteiger partial charge in [-0.1, -0.05) is 42.1 Å². The number of hydrogen-bond donors (Lipinski definition) is 0. The Morgan fingerprint density at radius 1 is 1.14 bits per heavy atom. The molecule has 0 saturated carbocycles. The third-order valence-corrected chi connectivity index (χ3v) is 6.01. The van der Waals surface area contributed by atoms with Gasteiger partial charge in [0.25, 0.3) is 0 Å². The average Bonchev–Trinajstić information content (AvgIpc) is 3.47. The number of carbonyl (C=O) groups excluding carboxylic acids is 1. The Hall–Kier alpha value is -2.54. The van der Waals surface area contributed by atoms with E-state index >= 15 is 0 Å². The zero-order valence-corrected chi connectivity index (χ0v) is 16.8. The van der Waals surface area contributed by atoms with Gasteiger partial charge in [0.15, 0.2) is 5.16 Å². The van der Waals surface area contributed by atoms with Crippen molar-refractivity contribution in [1.29, 1.82) is 0 Å². The topological polar surface area (TPSA) is 64.2 Å². The number of hydrogen-bond acceptors (Lipinski definition) is 5. The van der Waals surface area contributed by atoms with Crippen LogP contribution in [-0.2, 0) is 17.8 Å². The smallest absolute Gasteiger partial charge is 0.235 e. The Morgan fingerprint density at radius 3 is 2.64 bits per heavy atom. The molecule has 1 aliphatic heterocycles. The second kappa shape index (κ2) is 8.65. The lowest BCUT2D eigenvalue weighted by Gasteiger charge is -2.19. The van der Waals surface area contributed by atoms with Gasteiger partial charge in [0.05, 0.1) is 18.1 Å². The highest BCUT2D eigenvalue weighted by atomic mass is 32.2. The van der Waals surface area contributed by atoms with Gasteiger partial charge in [0.1, 0.15) is 11.6 Å². The van der Waals surface area contributed by atoms with E-state index in [9.17, 15) is 4.79 Å². The molecule has 1 aliphatic rings. The molecule has 1 saturated heterocycles. The summed E-state index contributed by atoms with van der Waals surface area (Å²) in [6.07, 6.45) is 4.55. The molecule has 1 aromatic carbocycles. The van der Waals surface area contributed by atoms with Crippen LogP contribution in [0, 0.1) is 0 Å². The molecule has 0 radical (unpaired) electrons. The average molecular weight is 397 g/mol. The van der Waals surface area contributed by atoms with Crippen LogP contribution in [0.2, 0.25) is 0 Å². The van der Waals surface area contributed by atoms with E-state index in [-0.39, 0.29) is 11.2 Å². The lowest BCUT2D eigenvalue weighted by Crippen LogP contribution is -2.34. The van der Waals surface area contributed by atoms with Crippen LogP contribution in [0.4, 0.5) is 0 Å². The Morgan fingerprint density at radius 2 is 1.93 bits per heavy atom. The van der Waals surface area contributed by atoms with E-state index < -0.39 is 0 Å². The van der Waals surface area contributed by atoms with E-state index in [1.165, 1.54) is 17.3 Å². The standard InChI is InChI=1S/C21H24N4O2S/c1-16(20(26)24-11-5-6-12-24)28-21-23-22-19(14-17-8-3-2-4-9-17)25(21)15-18-10-7-13-27-18/h2-4,7-10,13,16H,5-6,11-12,14-15H2,1H3. The zero-order chi connectivity index (χ0) is 19.3. The highest BCUT2D eigenvalue weighted by Gasteiger charge is 2.26. The number of amides is 1. The predicted octanol–water partition coefficient (Wildman–Crippen LogP) is 3.61. The summed E-state index contributed by atoms with van der Waals surface area (Å²) in [5.74, 6) is 1.89. The van der Waals surface area contributed by atoms with Crippen molar-refractivity contribution in [2.75, 3.05) is 13.1 Å². The van der Waals surface area contributed by atoms with Crippen molar-refractivity contribution in [2.45, 2.75) is 43.1 Å². The zero-order valence-electron chi connectivity index (χ0n) is 16.0. The molecule has 3 aromatic rings. The van der Waals surface area contributed by atoms with Crippen LogP contribution >= 0.6 is 11.8 Å². The minimum absolute atomic E-state index is 0.180. The van der Waals surface area contributed by atoms with Gasteiger partial charge in [-0.25, -0.2) is 0 Å². The van der Waals surface area contributed by atoms with E-state index in [1.54, 1.807) is 6.26 Å². The Kier molecular flexibility index (Phi) is 5.81. The molecule has 3 heterocycles. The van der Waals surface area contributed by atoms with Gasteiger partial charge in [0, 0.05) is 19.5 Å². The summed E-state index contributed by atoms with van der Waals surface area (Å²) in [5, 5.41) is 9.39. The van der Waals surface area contributed by atoms with Crippen LogP contribution in [-0.4, -0.2) is 43.9 Å². The second-order valence-electron chi connectivity index (χ2n) is 7.02. The van der Waals surface area contributed by atoms with E-state index in [1.807, 2.05) is 42.2 Å². The summed E-state index contributed by atoms with van der Waals surface area (Å²) in [6, 6.07) is 14.0. The van der Waals surface area contributed by atoms with Crippen molar-refractivity contribution in [1.82, 2.24) is 19.7 Å². The minimum Gasteiger partial charge on any atom is -0.467 e. The maximum atomic E-state index is 12.7. The van der Waals surface area contributed by atoms with Crippen LogP contribution in [0.25, 0.3) is 0 Å². The highest BCUT2D eigenvalue weighted by Crippen LogP contribution is 2.26. The van der Waals surface area contributed by atoms with Gasteiger partial charge in [0.2, 0.25) is 5.91 Å². The van der Waals surface area contributed by atoms with Crippen molar-refractivity contribution >= 4 is 17.7 Å². The number of rotatable bonds is 7. The molecule has 7 heteroatoms. The van der Waals surface area contributed by atoms with Crippen molar-refractivity contribution in [2.24, 2.45) is 0 Å². The van der Waals surface area contributed by atoms with Crippen molar-refractivity contribution in [3.63, 3.8) is 0 Å². The van der Waals surface area contributed by atoms with Gasteiger partial charge >= 0.3 is 0 Å². The van der Waals surface area contributed by atoms with Crippen LogP contribution in [0.1, 0.15) is 36.9 Å². The molecule has 4 rings (SSSR count). The van der Waals surface area contributed by atoms with Crippen molar-refractivity contribution < 1.29 is 9.21 Å². The first-order valence-electron chi connectivity index (χ1n) is 9.64. The number of benzene rings is 1. The number of thioether (sulfide) groups is 1. The summed E-state index contributed by atoms with van der Waals surface area (Å²) in [5.41, 5.74) is 1.17. The first kappa shape index (κ1) is 18.8. The molecule has 0 bridgehead atoms. The third kappa shape index (κ3) is 4.30. The molecule has 6 nitrogen and oxygen atoms in total. The summed E-state index contributed by atoms with van der Waals surface area (Å²) in [7, 11) is 0. The summed E-state index contributed by atoms with van der Waals surface area (Å²) in [6.45, 7) is 4.23. The predicted molar refractivity (Wildman–Crippen MR) is 108 cm³/mol. The first-order chi connectivity index (χ1) is 13.7. The van der Waals surface area contributed by atoms with Gasteiger partial charge in [-0.05, 0) is 37.5 Å². The molecule has 0 aliphatic carbocycles. The van der Waals surface area contributed by atoms with E-state index in [0.29, 0.717) is 13.0 Å². The Bertz CT molecular complexity index is 902. The van der Waals surface area contributed by atoms with Gasteiger partial charge in [-0.2, -0.15) is 0 Å². The SMILES string of the molecule is CC(Sc1nnc(Cc2ccccc2)n1Cc1ccco1)C(=O)N1CCCC1. The molecule has 28 heavy (non-hydrogen) atoms. The number of likely N-dealkylation sites (tertiary alicyclic amines) is 1. The normalized spacial score (nSPS) is 15.1. The Balaban J connectivity index is 1.56. The van der Waals surface area contributed by atoms with Gasteiger partial charge < -0.3 is 9.32 Å². The second-order valence-corrected chi connectivity index (χ2v) is 8.33. The lowest BCUT2D eigenvalue weighted by molar-refractivity contribution is -0.129. The Labute approximate surface area is 168 Å². The van der Waals surface area contributed by atoms with Crippen LogP contribution in [0.15, 0.2) is 58.3 Å². The molecule has 1 fully saturated rings. The fraction of sp³-hybridized carbons (Fsp3) is 0.381. The quantitative estimate of drug-likeness (QED) is 0.571. The largest absolute Gasteiger partial charge is 0.467 e. The first-order valence-corrected chi connectivity index (χ1v) is 10.5. The molecule has 0 spiro atoms. The molecule has 1 atom stereocenters. The van der Waals surface area contributed by atoms with Gasteiger partial charge in [-0.15, -0.1) is 10.2 Å². The lowest BCUT2D eigenvalue weighted by atomic mass is 10.1. The molecular weight excluding hydrogens is 372 g/mol. The van der Waals surface area contributed by atoms with Crippen molar-refractivity contribution in [3.05, 3.63) is 65.9 Å². The minimum atomic E-state index is -0.192. The monoisotopic (exact) mass is 396 g/mol. The molecular formula is C21H24N4O2S. The fourth-order valence-corrected chi connectivity index (χ4v) is 4.39. The highest BCUT2D eigenvalue weighted by molar-refractivity contribution is 8.00. The van der Waals surface area contributed by atoms with E-state index in [2.05, 4.69) is 26.9 Å². The van der Waals surface area contributed by atoms with E-state index in [4.69, 9.17) is 4.42 Å². The fourth-order valence-electron chi connectivity index (χ4n) is 3.44. The van der Waals surface area contributed by atoms with E-state index in [0.717, 1.165) is 42.7 Å².